The minimum atomic E-state index is -4.98. The van der Waals surface area contributed by atoms with Crippen molar-refractivity contribution in [1.82, 2.24) is 4.57 Å². The number of carbonyl (C=O) groups is 1. The molecule has 0 N–H and O–H groups in total. The fraction of sp³-hybridized carbons (Fsp3) is 0.208. The van der Waals surface area contributed by atoms with Crippen LogP contribution in [0.3, 0.4) is 0 Å². The summed E-state index contributed by atoms with van der Waals surface area (Å²) < 4.78 is 60.0. The van der Waals surface area contributed by atoms with E-state index in [1.807, 2.05) is 0 Å². The number of thiazole rings is 1. The van der Waals surface area contributed by atoms with Gasteiger partial charge in [0.2, 0.25) is 6.79 Å². The van der Waals surface area contributed by atoms with E-state index >= 15 is 0 Å². The topological polar surface area (TPSA) is 79.1 Å². The summed E-state index contributed by atoms with van der Waals surface area (Å²) in [4.78, 5) is 30.0. The predicted molar refractivity (Wildman–Crippen MR) is 132 cm³/mol. The summed E-state index contributed by atoms with van der Waals surface area (Å²) in [5, 5.41) is 0.335. The lowest BCUT2D eigenvalue weighted by molar-refractivity contribution is -0.140. The number of rotatable bonds is 4. The second-order valence-electron chi connectivity index (χ2n) is 7.84. The Bertz CT molecular complexity index is 1630. The number of allylic oxidation sites excluding steroid dienone is 1. The van der Waals surface area contributed by atoms with Crippen LogP contribution < -0.4 is 24.4 Å². The Morgan fingerprint density at radius 3 is 2.59 bits per heavy atom. The Morgan fingerprint density at radius 1 is 1.27 bits per heavy atom. The number of hydrogen-bond acceptors (Lipinski definition) is 7. The van der Waals surface area contributed by atoms with Crippen molar-refractivity contribution in [2.75, 3.05) is 13.4 Å². The molecule has 0 amide bonds. The number of aromatic nitrogens is 1. The molecule has 192 valence electrons. The molecule has 1 atom stereocenters. The number of esters is 1. The molecular weight excluding hydrogens is 601 g/mol. The van der Waals surface area contributed by atoms with E-state index in [1.165, 1.54) is 37.3 Å². The van der Waals surface area contributed by atoms with Gasteiger partial charge in [0, 0.05) is 9.50 Å². The summed E-state index contributed by atoms with van der Waals surface area (Å²) in [7, 11) is 0. The highest BCUT2D eigenvalue weighted by Gasteiger charge is 2.45. The van der Waals surface area contributed by atoms with Crippen LogP contribution in [-0.4, -0.2) is 30.1 Å². The number of alkyl halides is 3. The Balaban J connectivity index is 1.78. The Morgan fingerprint density at radius 2 is 1.95 bits per heavy atom. The number of fused-ring (bicyclic) bond motifs is 2. The van der Waals surface area contributed by atoms with Gasteiger partial charge in [-0.1, -0.05) is 51.0 Å². The molecular formula is C24H15BrClF3N2O5S. The summed E-state index contributed by atoms with van der Waals surface area (Å²) in [6.45, 7) is 1.36. The maximum Gasteiger partial charge on any atom is 0.434 e. The van der Waals surface area contributed by atoms with E-state index in [2.05, 4.69) is 20.9 Å². The molecule has 3 heterocycles. The lowest BCUT2D eigenvalue weighted by atomic mass is 9.95. The lowest BCUT2D eigenvalue weighted by Crippen LogP contribution is -2.41. The Hall–Kier alpha value is -3.09. The minimum absolute atomic E-state index is 0.0470. The molecule has 0 unspecified atom stereocenters. The van der Waals surface area contributed by atoms with Crippen LogP contribution in [0.5, 0.6) is 11.5 Å². The first-order chi connectivity index (χ1) is 17.6. The van der Waals surface area contributed by atoms with E-state index in [0.29, 0.717) is 26.6 Å². The molecule has 7 nitrogen and oxygen atoms in total. The summed E-state index contributed by atoms with van der Waals surface area (Å²) in [6.07, 6.45) is -3.47. The van der Waals surface area contributed by atoms with Crippen molar-refractivity contribution in [3.63, 3.8) is 0 Å². The molecule has 2 aliphatic heterocycles. The molecule has 0 aliphatic carbocycles. The van der Waals surface area contributed by atoms with Gasteiger partial charge in [0.15, 0.2) is 22.0 Å². The third-order valence-corrected chi connectivity index (χ3v) is 7.48. The summed E-state index contributed by atoms with van der Waals surface area (Å²) >= 11 is 10.2. The normalized spacial score (nSPS) is 17.0. The van der Waals surface area contributed by atoms with E-state index in [-0.39, 0.29) is 28.3 Å². The first-order valence-electron chi connectivity index (χ1n) is 10.7. The number of carbonyl (C=O) groups excluding carboxylic acids is 1. The van der Waals surface area contributed by atoms with E-state index in [1.54, 1.807) is 12.1 Å². The number of ether oxygens (including phenoxy) is 3. The molecule has 0 fully saturated rings. The van der Waals surface area contributed by atoms with Crippen LogP contribution in [0.2, 0.25) is 5.02 Å². The van der Waals surface area contributed by atoms with Gasteiger partial charge in [0.1, 0.15) is 0 Å². The van der Waals surface area contributed by atoms with E-state index in [0.717, 1.165) is 15.9 Å². The monoisotopic (exact) mass is 614 g/mol. The largest absolute Gasteiger partial charge is 0.463 e. The number of halogens is 5. The van der Waals surface area contributed by atoms with Crippen molar-refractivity contribution < 1.29 is 32.2 Å². The number of hydrogen-bond donors (Lipinski definition) is 0. The smallest absolute Gasteiger partial charge is 0.434 e. The molecule has 0 saturated heterocycles. The van der Waals surface area contributed by atoms with Gasteiger partial charge in [-0.05, 0) is 48.4 Å². The highest BCUT2D eigenvalue weighted by Crippen LogP contribution is 2.39. The molecule has 5 rings (SSSR count). The summed E-state index contributed by atoms with van der Waals surface area (Å²) in [6, 6.07) is 7.72. The van der Waals surface area contributed by atoms with Gasteiger partial charge in [-0.25, -0.2) is 9.79 Å². The molecule has 0 saturated carbocycles. The summed E-state index contributed by atoms with van der Waals surface area (Å²) in [5.74, 6) is -0.237. The highest BCUT2D eigenvalue weighted by molar-refractivity contribution is 9.10. The van der Waals surface area contributed by atoms with Gasteiger partial charge in [-0.2, -0.15) is 13.2 Å². The SMILES string of the molecule is CCOC(=O)C1=C(C(F)(F)F)N=c2s/c(=C\c3cc4c(cc3Br)OCO4)c(=O)n2[C@@H]1c1ccc(Cl)cc1. The maximum absolute atomic E-state index is 14.2. The van der Waals surface area contributed by atoms with Gasteiger partial charge >= 0.3 is 12.1 Å². The number of nitrogens with zero attached hydrogens (tertiary/aromatic N) is 2. The zero-order chi connectivity index (χ0) is 26.5. The molecule has 2 aliphatic rings. The van der Waals surface area contributed by atoms with Crippen LogP contribution in [0.1, 0.15) is 24.1 Å². The first-order valence-corrected chi connectivity index (χ1v) is 12.7. The lowest BCUT2D eigenvalue weighted by Gasteiger charge is -2.26. The maximum atomic E-state index is 14.2. The Labute approximate surface area is 224 Å². The van der Waals surface area contributed by atoms with Crippen LogP contribution in [0.15, 0.2) is 61.9 Å². The van der Waals surface area contributed by atoms with Crippen LogP contribution >= 0.6 is 38.9 Å². The predicted octanol–water partition coefficient (Wildman–Crippen LogP) is 4.49. The van der Waals surface area contributed by atoms with Gasteiger partial charge in [0.05, 0.1) is 22.8 Å². The Kier molecular flexibility index (Phi) is 6.67. The molecule has 2 aromatic carbocycles. The van der Waals surface area contributed by atoms with Crippen LogP contribution in [0.4, 0.5) is 13.2 Å². The average molecular weight is 616 g/mol. The molecule has 13 heteroatoms. The molecule has 0 spiro atoms. The zero-order valence-corrected chi connectivity index (χ0v) is 21.9. The quantitative estimate of drug-likeness (QED) is 0.405. The molecule has 1 aromatic heterocycles. The highest BCUT2D eigenvalue weighted by atomic mass is 79.9. The van der Waals surface area contributed by atoms with Gasteiger partial charge in [0.25, 0.3) is 5.56 Å². The van der Waals surface area contributed by atoms with Crippen molar-refractivity contribution in [2.24, 2.45) is 4.99 Å². The second kappa shape index (κ2) is 9.66. The fourth-order valence-corrected chi connectivity index (χ4v) is 5.54. The molecule has 0 bridgehead atoms. The second-order valence-corrected chi connectivity index (χ2v) is 10.1. The average Bonchev–Trinajstić information content (AvgIpc) is 3.42. The van der Waals surface area contributed by atoms with E-state index < -0.39 is 35.0 Å². The zero-order valence-electron chi connectivity index (χ0n) is 18.8. The van der Waals surface area contributed by atoms with Crippen molar-refractivity contribution in [3.05, 3.63) is 88.0 Å². The van der Waals surface area contributed by atoms with E-state index in [9.17, 15) is 22.8 Å². The minimum Gasteiger partial charge on any atom is -0.463 e. The first kappa shape index (κ1) is 25.6. The summed E-state index contributed by atoms with van der Waals surface area (Å²) in [5.41, 5.74) is -2.04. The van der Waals surface area contributed by atoms with E-state index in [4.69, 9.17) is 25.8 Å². The third-order valence-electron chi connectivity index (χ3n) is 5.56. The van der Waals surface area contributed by atoms with Gasteiger partial charge in [-0.15, -0.1) is 0 Å². The molecule has 0 radical (unpaired) electrons. The van der Waals surface area contributed by atoms with Crippen LogP contribution in [0, 0.1) is 0 Å². The van der Waals surface area contributed by atoms with Crippen molar-refractivity contribution in [2.45, 2.75) is 19.1 Å². The van der Waals surface area contributed by atoms with Gasteiger partial charge < -0.3 is 14.2 Å². The van der Waals surface area contributed by atoms with Crippen LogP contribution in [0.25, 0.3) is 6.08 Å². The van der Waals surface area contributed by atoms with Crippen molar-refractivity contribution in [3.8, 4) is 11.5 Å². The third kappa shape index (κ3) is 4.69. The molecule has 37 heavy (non-hydrogen) atoms. The van der Waals surface area contributed by atoms with Crippen LogP contribution in [-0.2, 0) is 9.53 Å². The number of benzene rings is 2. The van der Waals surface area contributed by atoms with Crippen molar-refractivity contribution in [1.29, 1.82) is 0 Å². The van der Waals surface area contributed by atoms with Gasteiger partial charge in [-0.3, -0.25) is 9.36 Å². The molecule has 3 aromatic rings. The standard InChI is InChI=1S/C24H15BrClF3N2O5S/c1-2-34-22(33)18-19(11-3-5-13(26)6-4-11)31-21(32)17(37-23(31)30-20(18)24(27,28)29)8-12-7-15-16(9-14(12)25)36-10-35-15/h3-9,19H,2,10H2,1H3/b17-8-/t19-/m1/s1. The van der Waals surface area contributed by atoms with Crippen molar-refractivity contribution >= 4 is 50.9 Å². The fourth-order valence-electron chi connectivity index (χ4n) is 3.99.